The van der Waals surface area contributed by atoms with Gasteiger partial charge in [0.2, 0.25) is 0 Å². The summed E-state index contributed by atoms with van der Waals surface area (Å²) in [6.45, 7) is 3.63. The summed E-state index contributed by atoms with van der Waals surface area (Å²) < 4.78 is 0. The summed E-state index contributed by atoms with van der Waals surface area (Å²) in [5, 5.41) is 3.47. The third kappa shape index (κ3) is 2.12. The van der Waals surface area contributed by atoms with Gasteiger partial charge in [-0.05, 0) is 5.53 Å². The molecule has 0 radical (unpaired) electrons. The van der Waals surface area contributed by atoms with Crippen molar-refractivity contribution in [3.8, 4) is 0 Å². The number of hydrogen-bond acceptors (Lipinski definition) is 2. The van der Waals surface area contributed by atoms with Crippen LogP contribution in [-0.2, 0) is 0 Å². The first kappa shape index (κ1) is 10.3. The number of azide groups is 1. The van der Waals surface area contributed by atoms with E-state index in [-0.39, 0.29) is 11.7 Å². The number of rotatable bonds is 3. The van der Waals surface area contributed by atoms with Crippen molar-refractivity contribution < 1.29 is 4.79 Å². The Balaban J connectivity index is 3.19. The smallest absolute Gasteiger partial charge is 0.165 e. The zero-order valence-corrected chi connectivity index (χ0v) is 8.14. The van der Waals surface area contributed by atoms with Crippen LogP contribution in [0.4, 0.5) is 5.69 Å². The van der Waals surface area contributed by atoms with Gasteiger partial charge in [0.05, 0.1) is 0 Å². The maximum absolute atomic E-state index is 11.7. The van der Waals surface area contributed by atoms with E-state index in [9.17, 15) is 4.79 Å². The van der Waals surface area contributed by atoms with Gasteiger partial charge in [-0.25, -0.2) is 0 Å². The molecule has 72 valence electrons. The van der Waals surface area contributed by atoms with E-state index in [1.54, 1.807) is 24.3 Å². The van der Waals surface area contributed by atoms with Crippen molar-refractivity contribution in [3.05, 3.63) is 40.3 Å². The molecule has 0 heterocycles. The summed E-state index contributed by atoms with van der Waals surface area (Å²) in [5.74, 6) is -0.0990. The number of carbonyl (C=O) groups is 1. The summed E-state index contributed by atoms with van der Waals surface area (Å²) in [6, 6.07) is 6.80. The van der Waals surface area contributed by atoms with Crippen LogP contribution >= 0.6 is 0 Å². The Kier molecular flexibility index (Phi) is 3.26. The maximum atomic E-state index is 11.7. The summed E-state index contributed by atoms with van der Waals surface area (Å²) in [4.78, 5) is 14.3. The summed E-state index contributed by atoms with van der Waals surface area (Å²) in [7, 11) is 0. The highest BCUT2D eigenvalue weighted by Crippen LogP contribution is 2.21. The average molecular weight is 189 g/mol. The first-order chi connectivity index (χ1) is 6.66. The predicted octanol–water partition coefficient (Wildman–Crippen LogP) is 3.47. The van der Waals surface area contributed by atoms with Crippen LogP contribution in [0.3, 0.4) is 0 Å². The van der Waals surface area contributed by atoms with Crippen LogP contribution in [0.25, 0.3) is 10.4 Å². The fraction of sp³-hybridized carbons (Fsp3) is 0.300. The molecular formula is C10H11N3O. The molecule has 0 aromatic heterocycles. The van der Waals surface area contributed by atoms with Crippen LogP contribution in [0.2, 0.25) is 0 Å². The Morgan fingerprint density at radius 2 is 2.07 bits per heavy atom. The molecule has 14 heavy (non-hydrogen) atoms. The van der Waals surface area contributed by atoms with E-state index in [4.69, 9.17) is 5.53 Å². The standard InChI is InChI=1S/C10H11N3O/c1-7(2)10(14)8-5-3-4-6-9(8)12-13-11/h3-7H,1-2H3. The minimum Gasteiger partial charge on any atom is -0.294 e. The van der Waals surface area contributed by atoms with Gasteiger partial charge in [-0.15, -0.1) is 0 Å². The maximum Gasteiger partial charge on any atom is 0.165 e. The first-order valence-corrected chi connectivity index (χ1v) is 4.35. The average Bonchev–Trinajstić information content (AvgIpc) is 2.18. The van der Waals surface area contributed by atoms with Crippen LogP contribution in [-0.4, -0.2) is 5.78 Å². The van der Waals surface area contributed by atoms with Crippen LogP contribution in [0.5, 0.6) is 0 Å². The molecule has 0 saturated heterocycles. The Morgan fingerprint density at radius 3 is 2.64 bits per heavy atom. The van der Waals surface area contributed by atoms with E-state index in [1.807, 2.05) is 13.8 Å². The van der Waals surface area contributed by atoms with Crippen molar-refractivity contribution in [3.63, 3.8) is 0 Å². The highest BCUT2D eigenvalue weighted by molar-refractivity contribution is 6.01. The Labute approximate surface area is 82.2 Å². The SMILES string of the molecule is CC(C)C(=O)c1ccccc1N=[N+]=[N-]. The second-order valence-corrected chi connectivity index (χ2v) is 3.23. The number of benzene rings is 1. The van der Waals surface area contributed by atoms with Crippen LogP contribution in [0.1, 0.15) is 24.2 Å². The van der Waals surface area contributed by atoms with Crippen LogP contribution in [0.15, 0.2) is 29.4 Å². The zero-order valence-electron chi connectivity index (χ0n) is 8.14. The lowest BCUT2D eigenvalue weighted by Gasteiger charge is -2.05. The lowest BCUT2D eigenvalue weighted by Crippen LogP contribution is -2.07. The number of ketones is 1. The van der Waals surface area contributed by atoms with E-state index in [1.165, 1.54) is 0 Å². The van der Waals surface area contributed by atoms with Gasteiger partial charge in [0.15, 0.2) is 5.78 Å². The third-order valence-corrected chi connectivity index (χ3v) is 1.85. The number of Topliss-reactive ketones (excluding diaryl/α,β-unsaturated/α-hetero) is 1. The molecule has 0 unspecified atom stereocenters. The van der Waals surface area contributed by atoms with Gasteiger partial charge >= 0.3 is 0 Å². The Bertz CT molecular complexity index is 392. The van der Waals surface area contributed by atoms with Gasteiger partial charge in [-0.2, -0.15) is 0 Å². The molecule has 0 N–H and O–H groups in total. The molecule has 0 aliphatic carbocycles. The van der Waals surface area contributed by atoms with E-state index in [0.717, 1.165) is 0 Å². The Morgan fingerprint density at radius 1 is 1.43 bits per heavy atom. The molecule has 1 aromatic carbocycles. The molecule has 0 fully saturated rings. The van der Waals surface area contributed by atoms with Gasteiger partial charge in [0.1, 0.15) is 0 Å². The molecule has 0 amide bonds. The largest absolute Gasteiger partial charge is 0.294 e. The monoisotopic (exact) mass is 189 g/mol. The lowest BCUT2D eigenvalue weighted by molar-refractivity contribution is 0.0940. The van der Waals surface area contributed by atoms with Crippen molar-refractivity contribution in [2.75, 3.05) is 0 Å². The molecule has 0 aliphatic heterocycles. The van der Waals surface area contributed by atoms with E-state index in [2.05, 4.69) is 10.0 Å². The molecule has 4 heteroatoms. The number of hydrogen-bond donors (Lipinski definition) is 0. The molecule has 1 rings (SSSR count). The van der Waals surface area contributed by atoms with Gasteiger partial charge in [-0.1, -0.05) is 43.2 Å². The second kappa shape index (κ2) is 4.44. The minimum absolute atomic E-state index is 0.00648. The molecule has 0 spiro atoms. The molecule has 4 nitrogen and oxygen atoms in total. The highest BCUT2D eigenvalue weighted by atomic mass is 16.1. The Hall–Kier alpha value is -1.80. The van der Waals surface area contributed by atoms with Crippen molar-refractivity contribution in [1.29, 1.82) is 0 Å². The second-order valence-electron chi connectivity index (χ2n) is 3.23. The van der Waals surface area contributed by atoms with Crippen LogP contribution in [0, 0.1) is 5.92 Å². The fourth-order valence-corrected chi connectivity index (χ4v) is 1.13. The quantitative estimate of drug-likeness (QED) is 0.310. The topological polar surface area (TPSA) is 65.8 Å². The number of nitrogens with zero attached hydrogens (tertiary/aromatic N) is 3. The lowest BCUT2D eigenvalue weighted by atomic mass is 10.00. The predicted molar refractivity (Wildman–Crippen MR) is 54.4 cm³/mol. The molecule has 0 atom stereocenters. The van der Waals surface area contributed by atoms with E-state index >= 15 is 0 Å². The summed E-state index contributed by atoms with van der Waals surface area (Å²) in [5.41, 5.74) is 9.19. The van der Waals surface area contributed by atoms with Gasteiger partial charge in [-0.3, -0.25) is 4.79 Å². The van der Waals surface area contributed by atoms with Crippen molar-refractivity contribution >= 4 is 11.5 Å². The minimum atomic E-state index is -0.0926. The van der Waals surface area contributed by atoms with Gasteiger partial charge < -0.3 is 0 Å². The zero-order chi connectivity index (χ0) is 10.6. The first-order valence-electron chi connectivity index (χ1n) is 4.35. The molecular weight excluding hydrogens is 178 g/mol. The fourth-order valence-electron chi connectivity index (χ4n) is 1.13. The highest BCUT2D eigenvalue weighted by Gasteiger charge is 2.12. The van der Waals surface area contributed by atoms with Gasteiger partial charge in [0.25, 0.3) is 0 Å². The van der Waals surface area contributed by atoms with Gasteiger partial charge in [0, 0.05) is 22.1 Å². The van der Waals surface area contributed by atoms with E-state index < -0.39 is 0 Å². The van der Waals surface area contributed by atoms with Crippen molar-refractivity contribution in [2.45, 2.75) is 13.8 Å². The molecule has 0 saturated carbocycles. The van der Waals surface area contributed by atoms with Crippen LogP contribution < -0.4 is 0 Å². The van der Waals surface area contributed by atoms with Crippen molar-refractivity contribution in [2.24, 2.45) is 11.0 Å². The number of carbonyl (C=O) groups excluding carboxylic acids is 1. The summed E-state index contributed by atoms with van der Waals surface area (Å²) >= 11 is 0. The molecule has 1 aromatic rings. The molecule has 0 bridgehead atoms. The summed E-state index contributed by atoms with van der Waals surface area (Å²) in [6.07, 6.45) is 0. The third-order valence-electron chi connectivity index (χ3n) is 1.85. The normalized spacial score (nSPS) is 9.64. The van der Waals surface area contributed by atoms with E-state index in [0.29, 0.717) is 11.3 Å². The molecule has 0 aliphatic rings. The van der Waals surface area contributed by atoms with Crippen molar-refractivity contribution in [1.82, 2.24) is 0 Å².